The minimum Gasteiger partial charge on any atom is -0.365 e. The molecular weight excluding hydrogens is 330 g/mol. The zero-order chi connectivity index (χ0) is 18.0. The molecule has 1 amide bonds. The maximum atomic E-state index is 12.9. The first-order chi connectivity index (χ1) is 12.7. The third-order valence-corrected chi connectivity index (χ3v) is 5.48. The number of carbonyl (C=O) groups excluding carboxylic acids is 1. The monoisotopic (exact) mass is 355 g/mol. The SMILES string of the molecule is C[C@@]1(C(=O)N2CCC(n3cc(-c4ccccn4)nn3)CC2)CCCCO1. The summed E-state index contributed by atoms with van der Waals surface area (Å²) in [4.78, 5) is 19.1. The second kappa shape index (κ2) is 7.15. The molecule has 0 bridgehead atoms. The maximum Gasteiger partial charge on any atom is 0.254 e. The van der Waals surface area contributed by atoms with Crippen molar-refractivity contribution in [3.8, 4) is 11.4 Å². The van der Waals surface area contributed by atoms with Crippen LogP contribution in [0.5, 0.6) is 0 Å². The van der Waals surface area contributed by atoms with Gasteiger partial charge in [-0.05, 0) is 51.2 Å². The van der Waals surface area contributed by atoms with Crippen LogP contribution in [0.2, 0.25) is 0 Å². The van der Waals surface area contributed by atoms with Crippen molar-refractivity contribution >= 4 is 5.91 Å². The molecule has 2 aliphatic heterocycles. The molecule has 0 aromatic carbocycles. The van der Waals surface area contributed by atoms with Gasteiger partial charge in [-0.3, -0.25) is 9.78 Å². The highest BCUT2D eigenvalue weighted by Crippen LogP contribution is 2.30. The fourth-order valence-electron chi connectivity index (χ4n) is 3.86. The lowest BCUT2D eigenvalue weighted by Crippen LogP contribution is -2.52. The summed E-state index contributed by atoms with van der Waals surface area (Å²) < 4.78 is 7.74. The quantitative estimate of drug-likeness (QED) is 0.846. The molecule has 0 radical (unpaired) electrons. The molecule has 0 unspecified atom stereocenters. The number of piperidine rings is 1. The van der Waals surface area contributed by atoms with Gasteiger partial charge in [0.05, 0.1) is 17.9 Å². The van der Waals surface area contributed by atoms with Crippen molar-refractivity contribution in [1.82, 2.24) is 24.9 Å². The molecule has 138 valence electrons. The summed E-state index contributed by atoms with van der Waals surface area (Å²) in [7, 11) is 0. The molecule has 4 rings (SSSR count). The smallest absolute Gasteiger partial charge is 0.254 e. The van der Waals surface area contributed by atoms with E-state index in [0.717, 1.165) is 56.6 Å². The van der Waals surface area contributed by atoms with Crippen molar-refractivity contribution in [1.29, 1.82) is 0 Å². The van der Waals surface area contributed by atoms with E-state index in [0.29, 0.717) is 6.61 Å². The molecule has 0 aliphatic carbocycles. The number of likely N-dealkylation sites (tertiary alicyclic amines) is 1. The predicted molar refractivity (Wildman–Crippen MR) is 96.3 cm³/mol. The Bertz CT molecular complexity index is 746. The molecule has 0 spiro atoms. The third kappa shape index (κ3) is 3.35. The van der Waals surface area contributed by atoms with E-state index in [1.165, 1.54) is 0 Å². The lowest BCUT2D eigenvalue weighted by molar-refractivity contribution is -0.163. The second-order valence-corrected chi connectivity index (χ2v) is 7.36. The van der Waals surface area contributed by atoms with E-state index in [9.17, 15) is 4.79 Å². The van der Waals surface area contributed by atoms with E-state index < -0.39 is 5.60 Å². The summed E-state index contributed by atoms with van der Waals surface area (Å²) >= 11 is 0. The van der Waals surface area contributed by atoms with Crippen molar-refractivity contribution in [2.45, 2.75) is 50.7 Å². The number of amides is 1. The summed E-state index contributed by atoms with van der Waals surface area (Å²) in [6, 6.07) is 6.03. The first-order valence-corrected chi connectivity index (χ1v) is 9.42. The summed E-state index contributed by atoms with van der Waals surface area (Å²) in [5, 5.41) is 8.54. The van der Waals surface area contributed by atoms with Gasteiger partial charge >= 0.3 is 0 Å². The molecule has 2 aromatic rings. The minimum absolute atomic E-state index is 0.142. The summed E-state index contributed by atoms with van der Waals surface area (Å²) in [6.07, 6.45) is 8.41. The van der Waals surface area contributed by atoms with Gasteiger partial charge in [-0.2, -0.15) is 0 Å². The highest BCUT2D eigenvalue weighted by atomic mass is 16.5. The molecule has 2 fully saturated rings. The van der Waals surface area contributed by atoms with Crippen LogP contribution in [0.25, 0.3) is 11.4 Å². The Balaban J connectivity index is 1.38. The van der Waals surface area contributed by atoms with E-state index in [2.05, 4.69) is 15.3 Å². The van der Waals surface area contributed by atoms with E-state index in [4.69, 9.17) is 4.74 Å². The number of rotatable bonds is 3. The summed E-state index contributed by atoms with van der Waals surface area (Å²) in [5.74, 6) is 0.142. The predicted octanol–water partition coefficient (Wildman–Crippen LogP) is 2.46. The van der Waals surface area contributed by atoms with Crippen LogP contribution in [0.15, 0.2) is 30.6 Å². The highest BCUT2D eigenvalue weighted by molar-refractivity contribution is 5.85. The van der Waals surface area contributed by atoms with Crippen molar-refractivity contribution in [3.05, 3.63) is 30.6 Å². The zero-order valence-corrected chi connectivity index (χ0v) is 15.2. The van der Waals surface area contributed by atoms with Gasteiger partial charge in [-0.1, -0.05) is 11.3 Å². The molecule has 0 N–H and O–H groups in total. The third-order valence-electron chi connectivity index (χ3n) is 5.48. The highest BCUT2D eigenvalue weighted by Gasteiger charge is 2.40. The van der Waals surface area contributed by atoms with Gasteiger partial charge in [0, 0.05) is 25.9 Å². The van der Waals surface area contributed by atoms with E-state index in [1.54, 1.807) is 6.20 Å². The van der Waals surface area contributed by atoms with E-state index in [1.807, 2.05) is 40.9 Å². The Morgan fingerprint density at radius 3 is 2.77 bits per heavy atom. The van der Waals surface area contributed by atoms with Gasteiger partial charge in [0.1, 0.15) is 11.3 Å². The van der Waals surface area contributed by atoms with Crippen molar-refractivity contribution in [3.63, 3.8) is 0 Å². The number of aromatic nitrogens is 4. The molecular formula is C19H25N5O2. The van der Waals surface area contributed by atoms with Crippen LogP contribution in [0.4, 0.5) is 0 Å². The minimum atomic E-state index is -0.634. The standard InChI is InChI=1S/C19H25N5O2/c1-19(9-3-5-13-26-19)18(25)23-11-7-15(8-12-23)24-14-17(21-22-24)16-6-2-4-10-20-16/h2,4,6,10,14-15H,3,5,7-9,11-13H2,1H3/t19-/m0/s1. The number of hydrogen-bond acceptors (Lipinski definition) is 5. The summed E-state index contributed by atoms with van der Waals surface area (Å²) in [6.45, 7) is 4.10. The topological polar surface area (TPSA) is 73.1 Å². The molecule has 2 saturated heterocycles. The number of ether oxygens (including phenoxy) is 1. The van der Waals surface area contributed by atoms with E-state index in [-0.39, 0.29) is 11.9 Å². The Kier molecular flexibility index (Phi) is 4.72. The number of hydrogen-bond donors (Lipinski definition) is 0. The van der Waals surface area contributed by atoms with Crippen molar-refractivity contribution < 1.29 is 9.53 Å². The second-order valence-electron chi connectivity index (χ2n) is 7.36. The number of carbonyl (C=O) groups is 1. The number of nitrogens with zero attached hydrogens (tertiary/aromatic N) is 5. The zero-order valence-electron chi connectivity index (χ0n) is 15.2. The first kappa shape index (κ1) is 17.1. The average molecular weight is 355 g/mol. The normalized spacial score (nSPS) is 24.6. The molecule has 0 saturated carbocycles. The van der Waals surface area contributed by atoms with E-state index >= 15 is 0 Å². The van der Waals surface area contributed by atoms with Gasteiger partial charge in [-0.25, -0.2) is 4.68 Å². The van der Waals surface area contributed by atoms with Crippen molar-refractivity contribution in [2.75, 3.05) is 19.7 Å². The molecule has 2 aliphatic rings. The van der Waals surface area contributed by atoms with Crippen molar-refractivity contribution in [2.24, 2.45) is 0 Å². The average Bonchev–Trinajstić information content (AvgIpc) is 3.19. The Hall–Kier alpha value is -2.28. The van der Waals surface area contributed by atoms with Gasteiger partial charge in [0.15, 0.2) is 0 Å². The van der Waals surface area contributed by atoms with Crippen LogP contribution < -0.4 is 0 Å². The fourth-order valence-corrected chi connectivity index (χ4v) is 3.86. The Morgan fingerprint density at radius 1 is 1.23 bits per heavy atom. The maximum absolute atomic E-state index is 12.9. The Morgan fingerprint density at radius 2 is 2.08 bits per heavy atom. The molecule has 26 heavy (non-hydrogen) atoms. The van der Waals surface area contributed by atoms with Gasteiger partial charge in [0.25, 0.3) is 5.91 Å². The largest absolute Gasteiger partial charge is 0.365 e. The summed E-state index contributed by atoms with van der Waals surface area (Å²) in [5.41, 5.74) is 0.978. The van der Waals surface area contributed by atoms with Gasteiger partial charge in [-0.15, -0.1) is 5.10 Å². The fraction of sp³-hybridized carbons (Fsp3) is 0.579. The molecule has 7 nitrogen and oxygen atoms in total. The van der Waals surface area contributed by atoms with Crippen LogP contribution in [0, 0.1) is 0 Å². The van der Waals surface area contributed by atoms with Crippen LogP contribution in [0.1, 0.15) is 45.1 Å². The number of pyridine rings is 1. The lowest BCUT2D eigenvalue weighted by atomic mass is 9.93. The molecule has 7 heteroatoms. The molecule has 1 atom stereocenters. The lowest BCUT2D eigenvalue weighted by Gasteiger charge is -2.39. The Labute approximate surface area is 153 Å². The van der Waals surface area contributed by atoms with Gasteiger partial charge in [0.2, 0.25) is 0 Å². The first-order valence-electron chi connectivity index (χ1n) is 9.42. The van der Waals surface area contributed by atoms with Crippen LogP contribution >= 0.6 is 0 Å². The van der Waals surface area contributed by atoms with Crippen LogP contribution in [0.3, 0.4) is 0 Å². The van der Waals surface area contributed by atoms with Crippen LogP contribution in [-0.4, -0.2) is 56.1 Å². The van der Waals surface area contributed by atoms with Gasteiger partial charge < -0.3 is 9.64 Å². The van der Waals surface area contributed by atoms with Crippen LogP contribution in [-0.2, 0) is 9.53 Å². The molecule has 4 heterocycles. The molecule has 2 aromatic heterocycles.